The van der Waals surface area contributed by atoms with Crippen LogP contribution in [0.3, 0.4) is 0 Å². The number of carbonyl (C=O) groups is 1. The molecule has 0 aliphatic rings. The molecule has 3 rings (SSSR count). The molecule has 0 fully saturated rings. The van der Waals surface area contributed by atoms with Crippen LogP contribution in [-0.4, -0.2) is 26.4 Å². The Bertz CT molecular complexity index is 981. The molecule has 152 valence electrons. The third kappa shape index (κ3) is 5.98. The highest BCUT2D eigenvalue weighted by Gasteiger charge is 2.19. The number of rotatable bonds is 8. The molecule has 1 atom stereocenters. The van der Waals surface area contributed by atoms with Gasteiger partial charge in [-0.1, -0.05) is 45.4 Å². The average Bonchev–Trinajstić information content (AvgIpc) is 3.11. The number of thioether (sulfide) groups is 1. The van der Waals surface area contributed by atoms with Gasteiger partial charge in [-0.05, 0) is 56.3 Å². The SMILES string of the molecule is CCn1c(SCC(=O)Nc2cccc(Cl)c2)nnc1C(C)Oc1ccc(Br)cc1. The molecule has 29 heavy (non-hydrogen) atoms. The predicted octanol–water partition coefficient (Wildman–Crippen LogP) is 5.58. The largest absolute Gasteiger partial charge is 0.483 e. The van der Waals surface area contributed by atoms with E-state index >= 15 is 0 Å². The van der Waals surface area contributed by atoms with Crippen LogP contribution in [0, 0.1) is 0 Å². The van der Waals surface area contributed by atoms with Gasteiger partial charge in [-0.2, -0.15) is 0 Å². The molecule has 1 heterocycles. The highest BCUT2D eigenvalue weighted by atomic mass is 79.9. The van der Waals surface area contributed by atoms with Gasteiger partial charge in [0.2, 0.25) is 5.91 Å². The monoisotopic (exact) mass is 494 g/mol. The standard InChI is InChI=1S/C20H20BrClN4O2S/c1-3-26-19(13(2)28-17-9-7-14(21)8-10-17)24-25-20(26)29-12-18(27)23-16-6-4-5-15(22)11-16/h4-11,13H,3,12H2,1-2H3,(H,23,27). The van der Waals surface area contributed by atoms with Crippen molar-refractivity contribution >= 4 is 50.9 Å². The molecule has 1 N–H and O–H groups in total. The number of benzene rings is 2. The van der Waals surface area contributed by atoms with Crippen molar-refractivity contribution < 1.29 is 9.53 Å². The summed E-state index contributed by atoms with van der Waals surface area (Å²) in [5, 5.41) is 12.6. The van der Waals surface area contributed by atoms with Gasteiger partial charge in [-0.15, -0.1) is 10.2 Å². The lowest BCUT2D eigenvalue weighted by Crippen LogP contribution is -2.15. The van der Waals surface area contributed by atoms with Gasteiger partial charge in [0.25, 0.3) is 0 Å². The smallest absolute Gasteiger partial charge is 0.234 e. The summed E-state index contributed by atoms with van der Waals surface area (Å²) in [4.78, 5) is 12.2. The number of carbonyl (C=O) groups excluding carboxylic acids is 1. The minimum atomic E-state index is -0.279. The van der Waals surface area contributed by atoms with Gasteiger partial charge in [0, 0.05) is 21.7 Å². The summed E-state index contributed by atoms with van der Waals surface area (Å²) in [6.45, 7) is 4.61. The molecule has 0 aliphatic carbocycles. The first kappa shape index (κ1) is 21.7. The van der Waals surface area contributed by atoms with Crippen molar-refractivity contribution in [2.75, 3.05) is 11.1 Å². The van der Waals surface area contributed by atoms with Gasteiger partial charge < -0.3 is 14.6 Å². The molecule has 0 aliphatic heterocycles. The normalized spacial score (nSPS) is 11.9. The summed E-state index contributed by atoms with van der Waals surface area (Å²) in [6, 6.07) is 14.7. The van der Waals surface area contributed by atoms with Crippen molar-refractivity contribution in [3.05, 3.63) is 63.9 Å². The van der Waals surface area contributed by atoms with Crippen molar-refractivity contribution in [2.24, 2.45) is 0 Å². The van der Waals surface area contributed by atoms with Gasteiger partial charge in [0.15, 0.2) is 17.1 Å². The highest BCUT2D eigenvalue weighted by Crippen LogP contribution is 2.26. The third-order valence-corrected chi connectivity index (χ3v) is 5.72. The fraction of sp³-hybridized carbons (Fsp3) is 0.250. The predicted molar refractivity (Wildman–Crippen MR) is 120 cm³/mol. The molecule has 9 heteroatoms. The fourth-order valence-corrected chi connectivity index (χ4v) is 3.93. The molecule has 1 aromatic heterocycles. The Morgan fingerprint density at radius 2 is 2.03 bits per heavy atom. The van der Waals surface area contributed by atoms with Crippen LogP contribution in [0.15, 0.2) is 58.2 Å². The Hall–Kier alpha value is -2.03. The molecular weight excluding hydrogens is 476 g/mol. The number of halogens is 2. The highest BCUT2D eigenvalue weighted by molar-refractivity contribution is 9.10. The van der Waals surface area contributed by atoms with Crippen LogP contribution < -0.4 is 10.1 Å². The Morgan fingerprint density at radius 3 is 2.72 bits per heavy atom. The molecule has 3 aromatic rings. The topological polar surface area (TPSA) is 69.0 Å². The lowest BCUT2D eigenvalue weighted by atomic mass is 10.3. The zero-order chi connectivity index (χ0) is 20.8. The van der Waals surface area contributed by atoms with Crippen LogP contribution in [0.25, 0.3) is 0 Å². The quantitative estimate of drug-likeness (QED) is 0.413. The number of amides is 1. The van der Waals surface area contributed by atoms with Crippen LogP contribution in [0.4, 0.5) is 5.69 Å². The Labute approximate surface area is 187 Å². The first-order valence-electron chi connectivity index (χ1n) is 8.99. The maximum atomic E-state index is 12.2. The molecule has 2 aromatic carbocycles. The second-order valence-electron chi connectivity index (χ2n) is 6.15. The van der Waals surface area contributed by atoms with E-state index in [0.29, 0.717) is 28.2 Å². The first-order chi connectivity index (χ1) is 14.0. The van der Waals surface area contributed by atoms with Crippen molar-refractivity contribution in [1.29, 1.82) is 0 Å². The summed E-state index contributed by atoms with van der Waals surface area (Å²) in [7, 11) is 0. The second kappa shape index (κ2) is 10.1. The Balaban J connectivity index is 1.62. The number of nitrogens with zero attached hydrogens (tertiary/aromatic N) is 3. The van der Waals surface area contributed by atoms with E-state index in [1.165, 1.54) is 11.8 Å². The summed E-state index contributed by atoms with van der Waals surface area (Å²) in [6.07, 6.45) is -0.279. The zero-order valence-corrected chi connectivity index (χ0v) is 19.1. The molecule has 0 bridgehead atoms. The van der Waals surface area contributed by atoms with E-state index in [-0.39, 0.29) is 17.8 Å². The van der Waals surface area contributed by atoms with Gasteiger partial charge in [-0.3, -0.25) is 4.79 Å². The van der Waals surface area contributed by atoms with Gasteiger partial charge in [-0.25, -0.2) is 0 Å². The van der Waals surface area contributed by atoms with Gasteiger partial charge in [0.1, 0.15) is 5.75 Å². The summed E-state index contributed by atoms with van der Waals surface area (Å²) in [5.41, 5.74) is 0.664. The number of nitrogens with one attached hydrogen (secondary N) is 1. The summed E-state index contributed by atoms with van der Waals surface area (Å²) < 4.78 is 8.93. The number of anilines is 1. The number of hydrogen-bond acceptors (Lipinski definition) is 5. The van der Waals surface area contributed by atoms with Crippen molar-refractivity contribution in [2.45, 2.75) is 31.7 Å². The van der Waals surface area contributed by atoms with Crippen molar-refractivity contribution in [3.8, 4) is 5.75 Å². The Morgan fingerprint density at radius 1 is 1.28 bits per heavy atom. The number of aromatic nitrogens is 3. The first-order valence-corrected chi connectivity index (χ1v) is 11.2. The van der Waals surface area contributed by atoms with E-state index in [9.17, 15) is 4.79 Å². The van der Waals surface area contributed by atoms with Crippen LogP contribution in [-0.2, 0) is 11.3 Å². The van der Waals surface area contributed by atoms with Crippen molar-refractivity contribution in [3.63, 3.8) is 0 Å². The molecule has 0 saturated heterocycles. The molecule has 0 saturated carbocycles. The zero-order valence-electron chi connectivity index (χ0n) is 15.9. The maximum absolute atomic E-state index is 12.2. The minimum absolute atomic E-state index is 0.136. The van der Waals surface area contributed by atoms with Gasteiger partial charge in [0.05, 0.1) is 5.75 Å². The van der Waals surface area contributed by atoms with E-state index in [1.807, 2.05) is 42.7 Å². The van der Waals surface area contributed by atoms with Gasteiger partial charge >= 0.3 is 0 Å². The second-order valence-corrected chi connectivity index (χ2v) is 8.44. The minimum Gasteiger partial charge on any atom is -0.483 e. The van der Waals surface area contributed by atoms with Crippen LogP contribution in [0.5, 0.6) is 5.75 Å². The number of ether oxygens (including phenoxy) is 1. The van der Waals surface area contributed by atoms with E-state index in [0.717, 1.165) is 10.2 Å². The molecule has 0 spiro atoms. The number of hydrogen-bond donors (Lipinski definition) is 1. The lowest BCUT2D eigenvalue weighted by molar-refractivity contribution is -0.113. The fourth-order valence-electron chi connectivity index (χ4n) is 2.67. The van der Waals surface area contributed by atoms with E-state index in [1.54, 1.807) is 24.3 Å². The third-order valence-electron chi connectivity index (χ3n) is 3.99. The molecule has 1 amide bonds. The summed E-state index contributed by atoms with van der Waals surface area (Å²) in [5.74, 6) is 1.55. The molecule has 1 unspecified atom stereocenters. The van der Waals surface area contributed by atoms with Crippen molar-refractivity contribution in [1.82, 2.24) is 14.8 Å². The maximum Gasteiger partial charge on any atom is 0.234 e. The van der Waals surface area contributed by atoms with E-state index < -0.39 is 0 Å². The summed E-state index contributed by atoms with van der Waals surface area (Å²) >= 11 is 10.7. The molecular formula is C20H20BrClN4O2S. The molecule has 6 nitrogen and oxygen atoms in total. The van der Waals surface area contributed by atoms with Crippen LogP contribution in [0.1, 0.15) is 25.8 Å². The van der Waals surface area contributed by atoms with Crippen LogP contribution in [0.2, 0.25) is 5.02 Å². The van der Waals surface area contributed by atoms with E-state index in [4.69, 9.17) is 16.3 Å². The molecule has 0 radical (unpaired) electrons. The lowest BCUT2D eigenvalue weighted by Gasteiger charge is -2.15. The van der Waals surface area contributed by atoms with Crippen LogP contribution >= 0.6 is 39.3 Å². The van der Waals surface area contributed by atoms with E-state index in [2.05, 4.69) is 31.4 Å². The average molecular weight is 496 g/mol. The Kier molecular flexibility index (Phi) is 7.57.